The van der Waals surface area contributed by atoms with Crippen LogP contribution in [-0.2, 0) is 33.4 Å². The van der Waals surface area contributed by atoms with E-state index in [9.17, 15) is 24.0 Å². The highest BCUT2D eigenvalue weighted by Gasteiger charge is 2.54. The second kappa shape index (κ2) is 12.8. The van der Waals surface area contributed by atoms with Crippen LogP contribution in [0.15, 0.2) is 22.2 Å². The number of esters is 2. The molecule has 0 unspecified atom stereocenters. The molecule has 1 saturated heterocycles. The van der Waals surface area contributed by atoms with Crippen molar-refractivity contribution in [2.45, 2.75) is 71.9 Å². The van der Waals surface area contributed by atoms with E-state index in [0.29, 0.717) is 12.1 Å². The Kier molecular flexibility index (Phi) is 10.1. The number of hydrogen-bond donors (Lipinski definition) is 2. The number of carbonyl (C=O) groups is 5. The number of carbonyl (C=O) groups excluding carboxylic acids is 5. The fourth-order valence-corrected chi connectivity index (χ4v) is 5.82. The summed E-state index contributed by atoms with van der Waals surface area (Å²) in [6, 6.07) is -0.933. The molecule has 2 N–H and O–H groups in total. The van der Waals surface area contributed by atoms with Crippen molar-refractivity contribution in [2.75, 3.05) is 17.9 Å². The van der Waals surface area contributed by atoms with Gasteiger partial charge in [0.25, 0.3) is 11.8 Å². The first-order chi connectivity index (χ1) is 19.0. The Morgan fingerprint density at radius 1 is 1.17 bits per heavy atom. The summed E-state index contributed by atoms with van der Waals surface area (Å²) in [4.78, 5) is 68.6. The molecule has 2 atom stereocenters. The number of aromatic nitrogens is 1. The summed E-state index contributed by atoms with van der Waals surface area (Å²) in [5, 5.41) is 6.63. The summed E-state index contributed by atoms with van der Waals surface area (Å²) >= 11 is 8.66. The topological polar surface area (TPSA) is 153 Å². The second-order valence-electron chi connectivity index (χ2n) is 11.0. The highest BCUT2D eigenvalue weighted by molar-refractivity contribution is 8.00. The largest absolute Gasteiger partial charge is 0.444 e. The highest BCUT2D eigenvalue weighted by Crippen LogP contribution is 2.42. The van der Waals surface area contributed by atoms with E-state index < -0.39 is 59.1 Å². The minimum absolute atomic E-state index is 0.107. The Labute approximate surface area is 251 Å². The lowest BCUT2D eigenvalue weighted by atomic mass is 9.98. The zero-order valence-corrected chi connectivity index (χ0v) is 26.2. The van der Waals surface area contributed by atoms with E-state index in [2.05, 4.69) is 15.6 Å². The molecule has 15 heteroatoms. The number of rotatable bonds is 8. The Morgan fingerprint density at radius 2 is 1.85 bits per heavy atom. The predicted molar refractivity (Wildman–Crippen MR) is 155 cm³/mol. The van der Waals surface area contributed by atoms with E-state index >= 15 is 0 Å². The normalized spacial score (nSPS) is 19.2. The van der Waals surface area contributed by atoms with Crippen LogP contribution < -0.4 is 10.6 Å². The third kappa shape index (κ3) is 8.01. The molecule has 1 aromatic rings. The quantitative estimate of drug-likeness (QED) is 0.185. The van der Waals surface area contributed by atoms with Crippen molar-refractivity contribution in [1.29, 1.82) is 0 Å². The molecule has 0 aliphatic carbocycles. The molecule has 12 nitrogen and oxygen atoms in total. The summed E-state index contributed by atoms with van der Waals surface area (Å²) in [6.07, 6.45) is 1.49. The third-order valence-electron chi connectivity index (χ3n) is 5.44. The summed E-state index contributed by atoms with van der Waals surface area (Å²) in [5.41, 5.74) is -1.08. The lowest BCUT2D eigenvalue weighted by Gasteiger charge is -2.49. The number of nitrogens with zero attached hydrogens (tertiary/aromatic N) is 2. The molecule has 2 aliphatic heterocycles. The maximum atomic E-state index is 13.3. The van der Waals surface area contributed by atoms with E-state index in [-0.39, 0.29) is 27.2 Å². The molecule has 1 fully saturated rings. The van der Waals surface area contributed by atoms with Gasteiger partial charge in [-0.3, -0.25) is 24.6 Å². The van der Waals surface area contributed by atoms with Crippen LogP contribution in [0, 0.1) is 5.41 Å². The molecule has 3 rings (SSSR count). The molecular formula is C26H33ClN4O8S2. The maximum Gasteiger partial charge on any atom is 0.413 e. The standard InChI is InChI=1S/C26H33ClN4O8S2/c1-8-9-13(15-11-41-23(28-15)30-24(36)39-26(5,6)7)18(32)29-16-19(33)31-17(14(27)10-40-20(16)31)21(34)37-12-38-22(35)25(2,3)4/h9,11,16,20H,8,10,12H2,1-7H3,(H,29,32)(H,28,30,36)/b13-9-/t16-,20-/m1/s1. The van der Waals surface area contributed by atoms with Gasteiger partial charge < -0.3 is 19.5 Å². The van der Waals surface area contributed by atoms with Crippen LogP contribution >= 0.6 is 34.7 Å². The van der Waals surface area contributed by atoms with Gasteiger partial charge in [0.2, 0.25) is 6.79 Å². The average Bonchev–Trinajstić information content (AvgIpc) is 3.31. The van der Waals surface area contributed by atoms with Gasteiger partial charge in [0, 0.05) is 11.1 Å². The molecule has 0 bridgehead atoms. The van der Waals surface area contributed by atoms with Crippen LogP contribution in [0.3, 0.4) is 0 Å². The minimum Gasteiger partial charge on any atom is -0.444 e. The van der Waals surface area contributed by atoms with Gasteiger partial charge in [-0.1, -0.05) is 24.6 Å². The number of thiazole rings is 1. The number of fused-ring (bicyclic) bond motifs is 1. The summed E-state index contributed by atoms with van der Waals surface area (Å²) in [6.45, 7) is 11.4. The molecule has 3 amide bonds. The summed E-state index contributed by atoms with van der Waals surface area (Å²) in [7, 11) is 0. The van der Waals surface area contributed by atoms with Gasteiger partial charge in [0.05, 0.1) is 21.7 Å². The van der Waals surface area contributed by atoms with Crippen LogP contribution in [0.4, 0.5) is 9.93 Å². The number of anilines is 1. The van der Waals surface area contributed by atoms with Gasteiger partial charge in [-0.05, 0) is 48.0 Å². The number of thioether (sulfide) groups is 1. The Morgan fingerprint density at radius 3 is 2.46 bits per heavy atom. The van der Waals surface area contributed by atoms with Crippen molar-refractivity contribution in [3.05, 3.63) is 27.9 Å². The van der Waals surface area contributed by atoms with Crippen molar-refractivity contribution < 1.29 is 38.2 Å². The molecule has 41 heavy (non-hydrogen) atoms. The van der Waals surface area contributed by atoms with E-state index in [1.54, 1.807) is 53.0 Å². The number of β-lactam (4-membered cyclic amide) rings is 1. The fraction of sp³-hybridized carbons (Fsp3) is 0.538. The average molecular weight is 629 g/mol. The van der Waals surface area contributed by atoms with Gasteiger partial charge in [0.1, 0.15) is 22.7 Å². The van der Waals surface area contributed by atoms with E-state index in [0.717, 1.165) is 11.3 Å². The molecule has 2 aliphatic rings. The number of allylic oxidation sites excluding steroid dienone is 1. The molecule has 0 aromatic carbocycles. The van der Waals surface area contributed by atoms with E-state index in [4.69, 9.17) is 25.8 Å². The molecular weight excluding hydrogens is 596 g/mol. The molecule has 0 radical (unpaired) electrons. The van der Waals surface area contributed by atoms with Crippen molar-refractivity contribution >= 4 is 75.3 Å². The maximum absolute atomic E-state index is 13.3. The second-order valence-corrected chi connectivity index (χ2v) is 13.5. The number of halogens is 1. The molecule has 224 valence electrons. The first-order valence-corrected chi connectivity index (χ1v) is 15.0. The number of ether oxygens (including phenoxy) is 3. The fourth-order valence-electron chi connectivity index (χ4n) is 3.58. The number of nitrogens with one attached hydrogen (secondary N) is 2. The van der Waals surface area contributed by atoms with Gasteiger partial charge >= 0.3 is 18.0 Å². The number of amides is 3. The summed E-state index contributed by atoms with van der Waals surface area (Å²) in [5.74, 6) is -2.36. The number of hydrogen-bond acceptors (Lipinski definition) is 11. The predicted octanol–water partition coefficient (Wildman–Crippen LogP) is 4.22. The van der Waals surface area contributed by atoms with Gasteiger partial charge in [0.15, 0.2) is 5.13 Å². The monoisotopic (exact) mass is 628 g/mol. The van der Waals surface area contributed by atoms with Crippen LogP contribution in [0.5, 0.6) is 0 Å². The van der Waals surface area contributed by atoms with Crippen LogP contribution in [0.25, 0.3) is 5.57 Å². The molecule has 0 spiro atoms. The highest BCUT2D eigenvalue weighted by atomic mass is 35.5. The smallest absolute Gasteiger partial charge is 0.413 e. The first-order valence-electron chi connectivity index (χ1n) is 12.7. The van der Waals surface area contributed by atoms with Crippen molar-refractivity contribution in [3.8, 4) is 0 Å². The molecule has 0 saturated carbocycles. The van der Waals surface area contributed by atoms with Crippen molar-refractivity contribution in [2.24, 2.45) is 5.41 Å². The van der Waals surface area contributed by atoms with Crippen molar-refractivity contribution in [1.82, 2.24) is 15.2 Å². The first kappa shape index (κ1) is 32.4. The van der Waals surface area contributed by atoms with E-state index in [1.165, 1.54) is 16.7 Å². The molecule has 1 aromatic heterocycles. The van der Waals surface area contributed by atoms with Crippen LogP contribution in [0.2, 0.25) is 0 Å². The lowest BCUT2D eigenvalue weighted by molar-refractivity contribution is -0.173. The van der Waals surface area contributed by atoms with Gasteiger partial charge in [-0.15, -0.1) is 23.1 Å². The molecule has 3 heterocycles. The zero-order valence-electron chi connectivity index (χ0n) is 23.8. The van der Waals surface area contributed by atoms with Gasteiger partial charge in [-0.2, -0.15) is 0 Å². The van der Waals surface area contributed by atoms with Crippen LogP contribution in [0.1, 0.15) is 60.6 Å². The Balaban J connectivity index is 1.65. The SMILES string of the molecule is CC/C=C(\C(=O)N[C@@H]1C(=O)N2C(C(=O)OCOC(=O)C(C)(C)C)=C(Cl)CS[C@H]12)c1csc(NC(=O)OC(C)(C)C)n1. The summed E-state index contributed by atoms with van der Waals surface area (Å²) < 4.78 is 15.2. The Hall–Kier alpha value is -3.10. The minimum atomic E-state index is -0.933. The van der Waals surface area contributed by atoms with E-state index in [1.807, 2.05) is 6.92 Å². The van der Waals surface area contributed by atoms with Crippen molar-refractivity contribution in [3.63, 3.8) is 0 Å². The van der Waals surface area contributed by atoms with Gasteiger partial charge in [-0.25, -0.2) is 14.6 Å². The lowest BCUT2D eigenvalue weighted by Crippen LogP contribution is -2.70. The van der Waals surface area contributed by atoms with Crippen LogP contribution in [-0.4, -0.2) is 69.3 Å². The third-order valence-corrected chi connectivity index (χ3v) is 7.94. The Bertz CT molecular complexity index is 1290. The zero-order chi connectivity index (χ0) is 30.7.